The van der Waals surface area contributed by atoms with Crippen LogP contribution in [0.3, 0.4) is 0 Å². The van der Waals surface area contributed by atoms with Gasteiger partial charge < -0.3 is 10.1 Å². The molecule has 4 heteroatoms. The fraction of sp³-hybridized carbons (Fsp3) is 0.667. The first-order valence-corrected chi connectivity index (χ1v) is 5.94. The van der Waals surface area contributed by atoms with Crippen molar-refractivity contribution in [2.45, 2.75) is 51.4 Å². The van der Waals surface area contributed by atoms with Crippen molar-refractivity contribution in [3.63, 3.8) is 0 Å². The molecule has 4 nitrogen and oxygen atoms in total. The van der Waals surface area contributed by atoms with E-state index in [9.17, 15) is 0 Å². The fourth-order valence-electron chi connectivity index (χ4n) is 2.64. The Bertz CT molecular complexity index is 407. The first-order valence-electron chi connectivity index (χ1n) is 5.94. The first kappa shape index (κ1) is 10.0. The van der Waals surface area contributed by atoms with Crippen LogP contribution in [0, 0.1) is 13.8 Å². The zero-order valence-corrected chi connectivity index (χ0v) is 9.73. The molecule has 3 atom stereocenters. The van der Waals surface area contributed by atoms with Crippen LogP contribution in [-0.2, 0) is 4.74 Å². The zero-order valence-electron chi connectivity index (χ0n) is 9.73. The van der Waals surface area contributed by atoms with E-state index in [4.69, 9.17) is 4.74 Å². The lowest BCUT2D eigenvalue weighted by Gasteiger charge is -2.21. The van der Waals surface area contributed by atoms with Crippen molar-refractivity contribution in [3.05, 3.63) is 17.6 Å². The summed E-state index contributed by atoms with van der Waals surface area (Å²) >= 11 is 0. The minimum absolute atomic E-state index is 0.381. The van der Waals surface area contributed by atoms with Crippen molar-refractivity contribution in [1.29, 1.82) is 0 Å². The molecule has 0 amide bonds. The molecule has 0 spiro atoms. The molecule has 0 aromatic carbocycles. The van der Waals surface area contributed by atoms with Gasteiger partial charge in [0.25, 0.3) is 0 Å². The Morgan fingerprint density at radius 1 is 1.38 bits per heavy atom. The molecule has 0 aliphatic carbocycles. The van der Waals surface area contributed by atoms with Gasteiger partial charge in [0, 0.05) is 6.20 Å². The highest BCUT2D eigenvalue weighted by atomic mass is 16.5. The quantitative estimate of drug-likeness (QED) is 0.824. The minimum atomic E-state index is 0.381. The van der Waals surface area contributed by atoms with Crippen molar-refractivity contribution in [2.24, 2.45) is 0 Å². The molecule has 1 aromatic rings. The molecule has 3 heterocycles. The van der Waals surface area contributed by atoms with Gasteiger partial charge in [-0.15, -0.1) is 0 Å². The summed E-state index contributed by atoms with van der Waals surface area (Å²) in [6.07, 6.45) is 6.17. The summed E-state index contributed by atoms with van der Waals surface area (Å²) in [7, 11) is 0. The predicted octanol–water partition coefficient (Wildman–Crippen LogP) is 1.83. The second kappa shape index (κ2) is 3.70. The summed E-state index contributed by atoms with van der Waals surface area (Å²) in [6.45, 7) is 3.96. The van der Waals surface area contributed by atoms with Gasteiger partial charge in [0.2, 0.25) is 0 Å². The van der Waals surface area contributed by atoms with E-state index in [1.165, 1.54) is 12.8 Å². The second-order valence-corrected chi connectivity index (χ2v) is 4.81. The van der Waals surface area contributed by atoms with Crippen LogP contribution >= 0.6 is 0 Å². The third-order valence-electron chi connectivity index (χ3n) is 3.50. The average molecular weight is 219 g/mol. The molecule has 0 saturated carbocycles. The van der Waals surface area contributed by atoms with Gasteiger partial charge in [-0.1, -0.05) is 0 Å². The van der Waals surface area contributed by atoms with Crippen molar-refractivity contribution in [2.75, 3.05) is 5.32 Å². The van der Waals surface area contributed by atoms with Gasteiger partial charge in [0.15, 0.2) is 0 Å². The topological polar surface area (TPSA) is 47.0 Å². The maximum Gasteiger partial charge on any atom is 0.148 e. The lowest BCUT2D eigenvalue weighted by atomic mass is 9.95. The monoisotopic (exact) mass is 219 g/mol. The molecule has 2 saturated heterocycles. The largest absolute Gasteiger partial charge is 0.373 e. The molecule has 0 radical (unpaired) electrons. The first-order chi connectivity index (χ1) is 7.72. The maximum absolute atomic E-state index is 5.82. The van der Waals surface area contributed by atoms with Gasteiger partial charge in [0.1, 0.15) is 5.82 Å². The Kier molecular flexibility index (Phi) is 2.32. The summed E-state index contributed by atoms with van der Waals surface area (Å²) in [5.41, 5.74) is 1.92. The van der Waals surface area contributed by atoms with E-state index in [1.54, 1.807) is 6.20 Å². The smallest absolute Gasteiger partial charge is 0.148 e. The average Bonchev–Trinajstić information content (AvgIpc) is 2.85. The van der Waals surface area contributed by atoms with Gasteiger partial charge >= 0.3 is 0 Å². The van der Waals surface area contributed by atoms with E-state index in [-0.39, 0.29) is 0 Å². The number of aryl methyl sites for hydroxylation is 2. The number of ether oxygens (including phenoxy) is 1. The van der Waals surface area contributed by atoms with Crippen LogP contribution in [-0.4, -0.2) is 28.2 Å². The van der Waals surface area contributed by atoms with E-state index in [1.807, 2.05) is 13.8 Å². The van der Waals surface area contributed by atoms with Crippen LogP contribution in [0.15, 0.2) is 6.20 Å². The molecule has 1 N–H and O–H groups in total. The fourth-order valence-corrected chi connectivity index (χ4v) is 2.64. The standard InChI is InChI=1S/C12H17N3O/c1-7-6-13-8(2)12(14-7)15-10-5-9-3-4-11(10)16-9/h6,9-11H,3-5H2,1-2H3,(H,14,15). The molecule has 1 aromatic heterocycles. The van der Waals surface area contributed by atoms with Crippen LogP contribution in [0.1, 0.15) is 30.7 Å². The van der Waals surface area contributed by atoms with Gasteiger partial charge in [-0.25, -0.2) is 4.98 Å². The number of aromatic nitrogens is 2. The highest BCUT2D eigenvalue weighted by Crippen LogP contribution is 2.35. The Balaban J connectivity index is 1.76. The van der Waals surface area contributed by atoms with Crippen molar-refractivity contribution in [3.8, 4) is 0 Å². The van der Waals surface area contributed by atoms with E-state index in [2.05, 4.69) is 15.3 Å². The van der Waals surface area contributed by atoms with Crippen LogP contribution < -0.4 is 5.32 Å². The summed E-state index contributed by atoms with van der Waals surface area (Å²) in [5, 5.41) is 3.48. The van der Waals surface area contributed by atoms with Crippen molar-refractivity contribution >= 4 is 5.82 Å². The number of nitrogens with zero attached hydrogens (tertiary/aromatic N) is 2. The molecule has 2 fully saturated rings. The molecule has 2 aliphatic rings. The van der Waals surface area contributed by atoms with Gasteiger partial charge in [-0.05, 0) is 33.1 Å². The number of nitrogens with one attached hydrogen (secondary N) is 1. The van der Waals surface area contributed by atoms with Crippen LogP contribution in [0.2, 0.25) is 0 Å². The summed E-state index contributed by atoms with van der Waals surface area (Å²) in [6, 6.07) is 0.425. The van der Waals surface area contributed by atoms with Crippen LogP contribution in [0.5, 0.6) is 0 Å². The SMILES string of the molecule is Cc1cnc(C)c(NC2CC3CCC2O3)n1. The van der Waals surface area contributed by atoms with E-state index < -0.39 is 0 Å². The molecule has 86 valence electrons. The van der Waals surface area contributed by atoms with Crippen LogP contribution in [0.4, 0.5) is 5.82 Å². The van der Waals surface area contributed by atoms with Gasteiger partial charge in [0.05, 0.1) is 29.6 Å². The van der Waals surface area contributed by atoms with Crippen LogP contribution in [0.25, 0.3) is 0 Å². The number of fused-ring (bicyclic) bond motifs is 2. The highest BCUT2D eigenvalue weighted by molar-refractivity contribution is 5.41. The Morgan fingerprint density at radius 3 is 2.94 bits per heavy atom. The molecule has 3 rings (SSSR count). The van der Waals surface area contributed by atoms with E-state index >= 15 is 0 Å². The summed E-state index contributed by atoms with van der Waals surface area (Å²) in [5.74, 6) is 0.918. The van der Waals surface area contributed by atoms with Gasteiger partial charge in [-0.2, -0.15) is 0 Å². The molecule has 16 heavy (non-hydrogen) atoms. The Hall–Kier alpha value is -1.16. The number of hydrogen-bond acceptors (Lipinski definition) is 4. The summed E-state index contributed by atoms with van der Waals surface area (Å²) in [4.78, 5) is 8.81. The molecule has 2 aliphatic heterocycles. The van der Waals surface area contributed by atoms with Crippen molar-refractivity contribution in [1.82, 2.24) is 9.97 Å². The predicted molar refractivity (Wildman–Crippen MR) is 61.4 cm³/mol. The lowest BCUT2D eigenvalue weighted by Crippen LogP contribution is -2.31. The minimum Gasteiger partial charge on any atom is -0.373 e. The zero-order chi connectivity index (χ0) is 11.1. The normalized spacial score (nSPS) is 32.0. The molecular weight excluding hydrogens is 202 g/mol. The third-order valence-corrected chi connectivity index (χ3v) is 3.50. The number of rotatable bonds is 2. The molecule has 3 unspecified atom stereocenters. The third kappa shape index (κ3) is 1.67. The Labute approximate surface area is 95.4 Å². The number of hydrogen-bond donors (Lipinski definition) is 1. The second-order valence-electron chi connectivity index (χ2n) is 4.81. The highest BCUT2D eigenvalue weighted by Gasteiger charge is 2.40. The van der Waals surface area contributed by atoms with Gasteiger partial charge in [-0.3, -0.25) is 4.98 Å². The molecule has 2 bridgehead atoms. The molecular formula is C12H17N3O. The lowest BCUT2D eigenvalue weighted by molar-refractivity contribution is 0.102. The summed E-state index contributed by atoms with van der Waals surface area (Å²) < 4.78 is 5.82. The number of anilines is 1. The van der Waals surface area contributed by atoms with Crippen molar-refractivity contribution < 1.29 is 4.74 Å². The van der Waals surface area contributed by atoms with E-state index in [0.717, 1.165) is 23.6 Å². The maximum atomic E-state index is 5.82. The van der Waals surface area contributed by atoms with E-state index in [0.29, 0.717) is 18.2 Å². The Morgan fingerprint density at radius 2 is 2.25 bits per heavy atom.